The first-order valence-corrected chi connectivity index (χ1v) is 6.89. The van der Waals surface area contributed by atoms with Crippen molar-refractivity contribution in [3.8, 4) is 18.2 Å². The van der Waals surface area contributed by atoms with Gasteiger partial charge < -0.3 is 15.3 Å². The smallest absolute Gasteiger partial charge is 0.333 e. The summed E-state index contributed by atoms with van der Waals surface area (Å²) in [4.78, 5) is 5.57. The fraction of sp³-hybridized carbons (Fsp3) is 0.176. The Morgan fingerprint density at radius 2 is 1.79 bits per heavy atom. The van der Waals surface area contributed by atoms with E-state index in [9.17, 15) is 15.8 Å². The van der Waals surface area contributed by atoms with Crippen molar-refractivity contribution in [2.75, 3.05) is 0 Å². The molecule has 1 aliphatic heterocycles. The number of nitrogens with zero attached hydrogens (tertiary/aromatic N) is 4. The first kappa shape index (κ1) is 16.6. The molecule has 0 radical (unpaired) electrons. The SMILES string of the molecule is CC(C)=NO[C@@]1(c2ccccc2)OC(N)=C(C#N)C1=C(C#N)C#N. The maximum absolute atomic E-state index is 9.39. The lowest BCUT2D eigenvalue weighted by atomic mass is 9.90. The molecular weight excluding hydrogens is 306 g/mol. The molecule has 0 saturated carbocycles. The number of ether oxygens (including phenoxy) is 1. The molecule has 1 heterocycles. The van der Waals surface area contributed by atoms with E-state index in [-0.39, 0.29) is 22.6 Å². The van der Waals surface area contributed by atoms with Crippen molar-refractivity contribution in [1.82, 2.24) is 0 Å². The standard InChI is InChI=1S/C17H13N5O2/c1-11(2)22-24-17(13-6-4-3-5-7-13)15(12(8-18)9-19)14(10-20)16(21)23-17/h3-7H,21H2,1-2H3/t17-/m1/s1. The molecule has 7 heteroatoms. The van der Waals surface area contributed by atoms with Gasteiger partial charge in [0.25, 0.3) is 0 Å². The molecule has 0 fully saturated rings. The largest absolute Gasteiger partial charge is 0.426 e. The zero-order valence-electron chi connectivity index (χ0n) is 13.1. The summed E-state index contributed by atoms with van der Waals surface area (Å²) in [6, 6.07) is 13.9. The quantitative estimate of drug-likeness (QED) is 0.517. The summed E-state index contributed by atoms with van der Waals surface area (Å²) in [5.74, 6) is -2.00. The Morgan fingerprint density at radius 1 is 1.17 bits per heavy atom. The molecule has 1 aliphatic rings. The normalized spacial score (nSPS) is 18.7. The van der Waals surface area contributed by atoms with E-state index < -0.39 is 5.79 Å². The summed E-state index contributed by atoms with van der Waals surface area (Å²) in [7, 11) is 0. The number of nitrogens with two attached hydrogens (primary N) is 1. The van der Waals surface area contributed by atoms with Gasteiger partial charge in [0.05, 0.1) is 11.3 Å². The highest BCUT2D eigenvalue weighted by Gasteiger charge is 2.52. The predicted molar refractivity (Wildman–Crippen MR) is 84.2 cm³/mol. The topological polar surface area (TPSA) is 128 Å². The van der Waals surface area contributed by atoms with Crippen LogP contribution in [0, 0.1) is 34.0 Å². The monoisotopic (exact) mass is 319 g/mol. The van der Waals surface area contributed by atoms with Crippen LogP contribution in [0.15, 0.2) is 58.1 Å². The van der Waals surface area contributed by atoms with Gasteiger partial charge in [0.1, 0.15) is 29.4 Å². The van der Waals surface area contributed by atoms with Gasteiger partial charge in [-0.15, -0.1) is 0 Å². The van der Waals surface area contributed by atoms with Crippen molar-refractivity contribution in [3.05, 3.63) is 58.5 Å². The van der Waals surface area contributed by atoms with E-state index >= 15 is 0 Å². The molecule has 0 bridgehead atoms. The molecule has 0 aromatic heterocycles. The first-order valence-electron chi connectivity index (χ1n) is 6.89. The molecule has 1 aromatic rings. The Hall–Kier alpha value is -3.76. The third-order valence-electron chi connectivity index (χ3n) is 3.18. The molecule has 7 nitrogen and oxygen atoms in total. The van der Waals surface area contributed by atoms with Crippen LogP contribution in [-0.2, 0) is 15.4 Å². The second kappa shape index (κ2) is 6.56. The van der Waals surface area contributed by atoms with E-state index in [0.29, 0.717) is 11.3 Å². The maximum Gasteiger partial charge on any atom is 0.333 e. The number of hydrogen-bond acceptors (Lipinski definition) is 7. The Bertz CT molecular complexity index is 858. The predicted octanol–water partition coefficient (Wildman–Crippen LogP) is 2.32. The maximum atomic E-state index is 9.39. The zero-order valence-corrected chi connectivity index (χ0v) is 13.1. The number of nitriles is 3. The first-order chi connectivity index (χ1) is 11.5. The molecule has 2 N–H and O–H groups in total. The fourth-order valence-corrected chi connectivity index (χ4v) is 2.22. The zero-order chi connectivity index (χ0) is 17.7. The van der Waals surface area contributed by atoms with Gasteiger partial charge in [0, 0.05) is 5.56 Å². The minimum absolute atomic E-state index is 0.0521. The summed E-state index contributed by atoms with van der Waals surface area (Å²) in [6.45, 7) is 3.41. The van der Waals surface area contributed by atoms with Crippen LogP contribution in [0.2, 0.25) is 0 Å². The van der Waals surface area contributed by atoms with E-state index in [1.165, 1.54) is 0 Å². The molecule has 118 valence electrons. The van der Waals surface area contributed by atoms with Crippen molar-refractivity contribution in [2.45, 2.75) is 19.6 Å². The Morgan fingerprint density at radius 3 is 2.29 bits per heavy atom. The van der Waals surface area contributed by atoms with Crippen LogP contribution in [0.5, 0.6) is 0 Å². The van der Waals surface area contributed by atoms with Crippen LogP contribution in [-0.4, -0.2) is 5.71 Å². The highest BCUT2D eigenvalue weighted by atomic mass is 16.8. The van der Waals surface area contributed by atoms with E-state index in [1.807, 2.05) is 6.07 Å². The molecule has 24 heavy (non-hydrogen) atoms. The van der Waals surface area contributed by atoms with Gasteiger partial charge in [-0.25, -0.2) is 0 Å². The summed E-state index contributed by atoms with van der Waals surface area (Å²) in [5, 5.41) is 31.9. The van der Waals surface area contributed by atoms with Crippen molar-refractivity contribution < 1.29 is 9.57 Å². The van der Waals surface area contributed by atoms with Gasteiger partial charge in [-0.1, -0.05) is 35.5 Å². The van der Waals surface area contributed by atoms with E-state index in [1.54, 1.807) is 56.3 Å². The van der Waals surface area contributed by atoms with Gasteiger partial charge in [-0.3, -0.25) is 0 Å². The number of benzene rings is 1. The van der Waals surface area contributed by atoms with E-state index in [0.717, 1.165) is 0 Å². The van der Waals surface area contributed by atoms with Gasteiger partial charge >= 0.3 is 5.79 Å². The lowest BCUT2D eigenvalue weighted by Gasteiger charge is -2.28. The van der Waals surface area contributed by atoms with Gasteiger partial charge in [0.2, 0.25) is 5.88 Å². The van der Waals surface area contributed by atoms with Crippen LogP contribution in [0.25, 0.3) is 0 Å². The lowest BCUT2D eigenvalue weighted by Crippen LogP contribution is -2.32. The number of rotatable bonds is 3. The molecular formula is C17H13N5O2. The van der Waals surface area contributed by atoms with Crippen molar-refractivity contribution in [2.24, 2.45) is 10.9 Å². The molecule has 2 rings (SSSR count). The third kappa shape index (κ3) is 2.65. The van der Waals surface area contributed by atoms with Crippen LogP contribution < -0.4 is 5.73 Å². The van der Waals surface area contributed by atoms with Crippen LogP contribution in [0.4, 0.5) is 0 Å². The minimum Gasteiger partial charge on any atom is -0.426 e. The summed E-state index contributed by atoms with van der Waals surface area (Å²) in [5.41, 5.74) is 6.31. The highest BCUT2D eigenvalue weighted by molar-refractivity contribution is 5.78. The van der Waals surface area contributed by atoms with Gasteiger partial charge in [-0.05, 0) is 13.8 Å². The van der Waals surface area contributed by atoms with E-state index in [4.69, 9.17) is 15.3 Å². The third-order valence-corrected chi connectivity index (χ3v) is 3.18. The lowest BCUT2D eigenvalue weighted by molar-refractivity contribution is -0.187. The van der Waals surface area contributed by atoms with Crippen LogP contribution in [0.1, 0.15) is 19.4 Å². The molecule has 0 saturated heterocycles. The molecule has 0 aliphatic carbocycles. The number of allylic oxidation sites excluding steroid dienone is 1. The molecule has 1 aromatic carbocycles. The Labute approximate surface area is 139 Å². The van der Waals surface area contributed by atoms with E-state index in [2.05, 4.69) is 5.16 Å². The summed E-state index contributed by atoms with van der Waals surface area (Å²) >= 11 is 0. The highest BCUT2D eigenvalue weighted by Crippen LogP contribution is 2.47. The summed E-state index contributed by atoms with van der Waals surface area (Å²) in [6.07, 6.45) is 0. The van der Waals surface area contributed by atoms with Crippen LogP contribution in [0.3, 0.4) is 0 Å². The molecule has 0 amide bonds. The van der Waals surface area contributed by atoms with Gasteiger partial charge in [-0.2, -0.15) is 15.8 Å². The average Bonchev–Trinajstić information content (AvgIpc) is 2.88. The summed E-state index contributed by atoms with van der Waals surface area (Å²) < 4.78 is 5.63. The molecule has 0 unspecified atom stereocenters. The Balaban J connectivity index is 2.83. The number of hydrogen-bond donors (Lipinski definition) is 1. The van der Waals surface area contributed by atoms with Crippen molar-refractivity contribution >= 4 is 5.71 Å². The minimum atomic E-state index is -1.77. The molecule has 1 atom stereocenters. The van der Waals surface area contributed by atoms with Crippen LogP contribution >= 0.6 is 0 Å². The van der Waals surface area contributed by atoms with Crippen molar-refractivity contribution in [3.63, 3.8) is 0 Å². The van der Waals surface area contributed by atoms with Gasteiger partial charge in [0.15, 0.2) is 0 Å². The second-order valence-corrected chi connectivity index (χ2v) is 5.04. The number of oxime groups is 1. The average molecular weight is 319 g/mol. The molecule has 0 spiro atoms. The Kier molecular flexibility index (Phi) is 4.54. The second-order valence-electron chi connectivity index (χ2n) is 5.04. The van der Waals surface area contributed by atoms with Crippen molar-refractivity contribution in [1.29, 1.82) is 15.8 Å². The fourth-order valence-electron chi connectivity index (χ4n) is 2.22.